The zero-order chi connectivity index (χ0) is 26.1. The van der Waals surface area contributed by atoms with Crippen LogP contribution < -0.4 is 15.4 Å². The first-order valence-corrected chi connectivity index (χ1v) is 12.2. The first kappa shape index (κ1) is 23.7. The van der Waals surface area contributed by atoms with Crippen LogP contribution in [-0.4, -0.2) is 68.8 Å². The molecule has 0 saturated carbocycles. The number of pyridine rings is 2. The Morgan fingerprint density at radius 1 is 1.08 bits per heavy atom. The molecular formula is C28H25FN8O. The fraction of sp³-hybridized carbons (Fsp3) is 0.179. The largest absolute Gasteiger partial charge is 0.491 e. The molecule has 0 amide bonds. The van der Waals surface area contributed by atoms with Crippen molar-refractivity contribution in [1.82, 2.24) is 35.0 Å². The van der Waals surface area contributed by atoms with E-state index < -0.39 is 0 Å². The van der Waals surface area contributed by atoms with Gasteiger partial charge >= 0.3 is 0 Å². The molecule has 4 aromatic heterocycles. The number of fused-ring (bicyclic) bond motifs is 2. The predicted octanol–water partition coefficient (Wildman–Crippen LogP) is 2.99. The molecule has 1 aliphatic heterocycles. The minimum atomic E-state index is -0.351. The molecule has 5 aromatic rings. The summed E-state index contributed by atoms with van der Waals surface area (Å²) >= 11 is 0. The maximum absolute atomic E-state index is 14.5. The van der Waals surface area contributed by atoms with Crippen LogP contribution in [0.5, 0.6) is 5.75 Å². The number of likely N-dealkylation sites (N-methyl/N-ethyl adjacent to an activating group) is 1. The van der Waals surface area contributed by atoms with E-state index in [0.717, 1.165) is 34.3 Å². The van der Waals surface area contributed by atoms with Crippen LogP contribution in [0.4, 0.5) is 4.39 Å². The van der Waals surface area contributed by atoms with Crippen LogP contribution in [0.15, 0.2) is 66.1 Å². The zero-order valence-electron chi connectivity index (χ0n) is 20.9. The van der Waals surface area contributed by atoms with E-state index in [4.69, 9.17) is 14.7 Å². The third-order valence-corrected chi connectivity index (χ3v) is 6.27. The Bertz CT molecular complexity index is 1790. The lowest BCUT2D eigenvalue weighted by Crippen LogP contribution is -2.23. The molecule has 0 spiro atoms. The summed E-state index contributed by atoms with van der Waals surface area (Å²) in [6.07, 6.45) is 9.12. The van der Waals surface area contributed by atoms with Crippen LogP contribution in [0, 0.1) is 5.82 Å². The summed E-state index contributed by atoms with van der Waals surface area (Å²) in [6, 6.07) is 10.3. The zero-order valence-corrected chi connectivity index (χ0v) is 20.9. The van der Waals surface area contributed by atoms with Crippen LogP contribution in [0.1, 0.15) is 5.56 Å². The lowest BCUT2D eigenvalue weighted by Gasteiger charge is -2.11. The average Bonchev–Trinajstić information content (AvgIpc) is 3.47. The Morgan fingerprint density at radius 2 is 1.97 bits per heavy atom. The second kappa shape index (κ2) is 9.98. The number of hydrogen-bond donors (Lipinski definition) is 2. The molecule has 38 heavy (non-hydrogen) atoms. The molecule has 1 aliphatic rings. The number of H-pyrrole nitrogens is 2. The fourth-order valence-corrected chi connectivity index (χ4v) is 4.30. The number of rotatable bonds is 7. The second-order valence-corrected chi connectivity index (χ2v) is 9.19. The molecule has 0 unspecified atom stereocenters. The van der Waals surface area contributed by atoms with Gasteiger partial charge in [-0.15, -0.1) is 0 Å². The highest BCUT2D eigenvalue weighted by molar-refractivity contribution is 5.91. The molecule has 0 atom stereocenters. The van der Waals surface area contributed by atoms with Crippen molar-refractivity contribution >= 4 is 22.7 Å². The first-order chi connectivity index (χ1) is 18.6. The number of aromatic amines is 2. The highest BCUT2D eigenvalue weighted by Gasteiger charge is 2.17. The van der Waals surface area contributed by atoms with E-state index in [-0.39, 0.29) is 5.82 Å². The lowest BCUT2D eigenvalue weighted by atomic mass is 10.1. The van der Waals surface area contributed by atoms with Gasteiger partial charge in [0.15, 0.2) is 11.5 Å². The van der Waals surface area contributed by atoms with Crippen molar-refractivity contribution in [2.24, 2.45) is 4.99 Å². The van der Waals surface area contributed by atoms with Crippen LogP contribution in [-0.2, 0) is 0 Å². The van der Waals surface area contributed by atoms with Gasteiger partial charge in [-0.2, -0.15) is 5.10 Å². The smallest absolute Gasteiger partial charge is 0.161 e. The van der Waals surface area contributed by atoms with Gasteiger partial charge in [0.1, 0.15) is 34.7 Å². The highest BCUT2D eigenvalue weighted by atomic mass is 19.1. The molecule has 9 nitrogen and oxygen atoms in total. The Labute approximate surface area is 217 Å². The van der Waals surface area contributed by atoms with Crippen molar-refractivity contribution in [1.29, 1.82) is 0 Å². The average molecular weight is 509 g/mol. The van der Waals surface area contributed by atoms with Gasteiger partial charge in [0.05, 0.1) is 23.6 Å². The van der Waals surface area contributed by atoms with Crippen LogP contribution >= 0.6 is 0 Å². The number of allylic oxidation sites excluding steroid dienone is 1. The van der Waals surface area contributed by atoms with Gasteiger partial charge in [-0.05, 0) is 50.0 Å². The number of imidazole rings is 1. The quantitative estimate of drug-likeness (QED) is 0.350. The number of ether oxygens (including phenoxy) is 1. The van der Waals surface area contributed by atoms with Crippen molar-refractivity contribution in [3.8, 4) is 28.5 Å². The predicted molar refractivity (Wildman–Crippen MR) is 143 cm³/mol. The molecule has 10 heteroatoms. The third-order valence-electron chi connectivity index (χ3n) is 6.27. The molecule has 6 rings (SSSR count). The summed E-state index contributed by atoms with van der Waals surface area (Å²) in [5.74, 6) is 0.897. The van der Waals surface area contributed by atoms with E-state index in [9.17, 15) is 4.39 Å². The molecule has 0 radical (unpaired) electrons. The Hall–Kier alpha value is -4.70. The van der Waals surface area contributed by atoms with Crippen LogP contribution in [0.3, 0.4) is 0 Å². The van der Waals surface area contributed by atoms with Gasteiger partial charge in [-0.1, -0.05) is 18.2 Å². The minimum Gasteiger partial charge on any atom is -0.491 e. The molecule has 5 heterocycles. The van der Waals surface area contributed by atoms with Gasteiger partial charge in [0.2, 0.25) is 0 Å². The van der Waals surface area contributed by atoms with E-state index in [1.807, 2.05) is 44.6 Å². The number of nitrogens with one attached hydrogen (secondary N) is 2. The number of benzene rings is 1. The molecule has 0 bridgehead atoms. The number of halogens is 1. The summed E-state index contributed by atoms with van der Waals surface area (Å²) in [4.78, 5) is 23.7. The number of aromatic nitrogens is 6. The SMILES string of the molecule is CN(C)CCOc1cncc(C2=CC=c3[nH]nc(-c4nc5c(-c6ccccc6F)nccc5[nH]4)c3=NC2)c1. The second-order valence-electron chi connectivity index (χ2n) is 9.19. The summed E-state index contributed by atoms with van der Waals surface area (Å²) in [7, 11) is 4.02. The van der Waals surface area contributed by atoms with Crippen molar-refractivity contribution in [2.75, 3.05) is 33.8 Å². The van der Waals surface area contributed by atoms with Crippen molar-refractivity contribution in [3.05, 3.63) is 83.2 Å². The molecule has 0 fully saturated rings. The van der Waals surface area contributed by atoms with E-state index in [1.54, 1.807) is 30.6 Å². The summed E-state index contributed by atoms with van der Waals surface area (Å²) in [5, 5.41) is 9.01. The van der Waals surface area contributed by atoms with Gasteiger partial charge < -0.3 is 14.6 Å². The third kappa shape index (κ3) is 4.57. The Balaban J connectivity index is 1.32. The first-order valence-electron chi connectivity index (χ1n) is 12.2. The van der Waals surface area contributed by atoms with Crippen molar-refractivity contribution in [3.63, 3.8) is 0 Å². The highest BCUT2D eigenvalue weighted by Crippen LogP contribution is 2.28. The van der Waals surface area contributed by atoms with Gasteiger partial charge in [0.25, 0.3) is 0 Å². The Kier molecular flexibility index (Phi) is 6.22. The van der Waals surface area contributed by atoms with Gasteiger partial charge in [0, 0.05) is 30.1 Å². The molecule has 190 valence electrons. The fourth-order valence-electron chi connectivity index (χ4n) is 4.30. The van der Waals surface area contributed by atoms with Crippen molar-refractivity contribution < 1.29 is 9.13 Å². The topological polar surface area (TPSA) is 108 Å². The molecule has 1 aromatic carbocycles. The van der Waals surface area contributed by atoms with E-state index in [2.05, 4.69) is 30.0 Å². The minimum absolute atomic E-state index is 0.351. The maximum atomic E-state index is 14.5. The normalized spacial score (nSPS) is 13.0. The molecule has 0 saturated heterocycles. The summed E-state index contributed by atoms with van der Waals surface area (Å²) in [6.45, 7) is 1.83. The standard InChI is InChI=1S/C28H25FN8O/c1-37(2)11-12-38-19-13-18(14-30-16-19)17-7-8-23-25(32-15-17)27(36-35-23)28-33-22-9-10-31-24(26(22)34-28)20-5-3-4-6-21(20)29/h3-10,13-14,16,35H,11-12,15H2,1-2H3,(H,33,34). The van der Waals surface area contributed by atoms with Gasteiger partial charge in [-0.3, -0.25) is 20.1 Å². The molecule has 2 N–H and O–H groups in total. The molecular weight excluding hydrogens is 483 g/mol. The van der Waals surface area contributed by atoms with Crippen LogP contribution in [0.2, 0.25) is 0 Å². The maximum Gasteiger partial charge on any atom is 0.161 e. The van der Waals surface area contributed by atoms with Gasteiger partial charge in [-0.25, -0.2) is 9.37 Å². The van der Waals surface area contributed by atoms with E-state index >= 15 is 0 Å². The summed E-state index contributed by atoms with van der Waals surface area (Å²) in [5.41, 5.74) is 4.69. The van der Waals surface area contributed by atoms with E-state index in [0.29, 0.717) is 46.8 Å². The monoisotopic (exact) mass is 508 g/mol. The van der Waals surface area contributed by atoms with Crippen LogP contribution in [0.25, 0.3) is 45.5 Å². The number of nitrogens with zero attached hydrogens (tertiary/aromatic N) is 6. The summed E-state index contributed by atoms with van der Waals surface area (Å²) < 4.78 is 20.4. The van der Waals surface area contributed by atoms with E-state index in [1.165, 1.54) is 6.07 Å². The Morgan fingerprint density at radius 3 is 2.84 bits per heavy atom. The lowest BCUT2D eigenvalue weighted by molar-refractivity contribution is 0.260. The van der Waals surface area contributed by atoms with Crippen molar-refractivity contribution in [2.45, 2.75) is 0 Å². The number of hydrogen-bond acceptors (Lipinski definition) is 7. The molecule has 0 aliphatic carbocycles.